The van der Waals surface area contributed by atoms with Crippen molar-refractivity contribution in [2.45, 2.75) is 57.9 Å². The summed E-state index contributed by atoms with van der Waals surface area (Å²) < 4.78 is 3.35. The molecule has 0 bridgehead atoms. The van der Waals surface area contributed by atoms with Gasteiger partial charge >= 0.3 is 0 Å². The van der Waals surface area contributed by atoms with Gasteiger partial charge in [0.1, 0.15) is 0 Å². The van der Waals surface area contributed by atoms with Crippen molar-refractivity contribution in [1.82, 2.24) is 9.78 Å². The molecule has 0 aromatic carbocycles. The molecule has 18 heavy (non-hydrogen) atoms. The first kappa shape index (κ1) is 14.1. The molecular formula is C14H24BrN3. The third-order valence-corrected chi connectivity index (χ3v) is 4.69. The predicted octanol–water partition coefficient (Wildman–Crippen LogP) is 3.68. The van der Waals surface area contributed by atoms with Gasteiger partial charge in [0, 0.05) is 12.5 Å². The van der Waals surface area contributed by atoms with Crippen LogP contribution in [0.15, 0.2) is 10.7 Å². The molecule has 0 amide bonds. The molecule has 1 aliphatic carbocycles. The molecule has 1 heterocycles. The van der Waals surface area contributed by atoms with Gasteiger partial charge in [0.25, 0.3) is 0 Å². The van der Waals surface area contributed by atoms with Gasteiger partial charge in [0.05, 0.1) is 16.4 Å². The maximum atomic E-state index is 6.00. The Balaban J connectivity index is 2.28. The normalized spacial score (nSPS) is 25.1. The highest BCUT2D eigenvalue weighted by Gasteiger charge is 2.28. The number of aromatic nitrogens is 2. The summed E-state index contributed by atoms with van der Waals surface area (Å²) in [4.78, 5) is 0. The van der Waals surface area contributed by atoms with E-state index in [0.717, 1.165) is 19.5 Å². The van der Waals surface area contributed by atoms with Crippen LogP contribution in [0.5, 0.6) is 0 Å². The minimum Gasteiger partial charge on any atom is -0.330 e. The van der Waals surface area contributed by atoms with Gasteiger partial charge < -0.3 is 5.73 Å². The van der Waals surface area contributed by atoms with Crippen molar-refractivity contribution < 1.29 is 0 Å². The van der Waals surface area contributed by atoms with Gasteiger partial charge in [-0.2, -0.15) is 5.10 Å². The van der Waals surface area contributed by atoms with Crippen molar-refractivity contribution in [1.29, 1.82) is 0 Å². The zero-order valence-corrected chi connectivity index (χ0v) is 12.8. The summed E-state index contributed by atoms with van der Waals surface area (Å²) in [5, 5.41) is 4.51. The minimum absolute atomic E-state index is 0.584. The molecule has 1 aliphatic rings. The van der Waals surface area contributed by atoms with E-state index in [1.165, 1.54) is 42.3 Å². The second-order valence-electron chi connectivity index (χ2n) is 5.34. The molecule has 2 unspecified atom stereocenters. The van der Waals surface area contributed by atoms with E-state index >= 15 is 0 Å². The fraction of sp³-hybridized carbons (Fsp3) is 0.786. The number of hydrogen-bond donors (Lipinski definition) is 1. The molecule has 4 heteroatoms. The van der Waals surface area contributed by atoms with Crippen LogP contribution in [-0.2, 0) is 6.54 Å². The van der Waals surface area contributed by atoms with Crippen LogP contribution in [0.25, 0.3) is 0 Å². The Morgan fingerprint density at radius 2 is 2.17 bits per heavy atom. The summed E-state index contributed by atoms with van der Waals surface area (Å²) in [6, 6.07) is 0. The monoisotopic (exact) mass is 313 g/mol. The van der Waals surface area contributed by atoms with Gasteiger partial charge in [-0.25, -0.2) is 0 Å². The molecule has 1 aromatic rings. The summed E-state index contributed by atoms with van der Waals surface area (Å²) in [6.07, 6.45) is 9.61. The van der Waals surface area contributed by atoms with Crippen LogP contribution in [0.2, 0.25) is 0 Å². The molecule has 102 valence electrons. The van der Waals surface area contributed by atoms with Gasteiger partial charge in [0.15, 0.2) is 0 Å². The minimum atomic E-state index is 0.584. The van der Waals surface area contributed by atoms with E-state index in [1.807, 2.05) is 6.20 Å². The smallest absolute Gasteiger partial charge is 0.0635 e. The number of hydrogen-bond acceptors (Lipinski definition) is 2. The van der Waals surface area contributed by atoms with Crippen molar-refractivity contribution in [2.75, 3.05) is 6.54 Å². The van der Waals surface area contributed by atoms with Crippen LogP contribution in [0.3, 0.4) is 0 Å². The topological polar surface area (TPSA) is 43.8 Å². The number of halogens is 1. The number of nitrogens with zero attached hydrogens (tertiary/aromatic N) is 2. The molecule has 3 nitrogen and oxygen atoms in total. The Morgan fingerprint density at radius 3 is 2.89 bits per heavy atom. The standard InChI is InChI=1S/C14H24BrN3/c1-2-8-18-14(13(15)10-17-18)12-7-5-3-4-6-11(12)9-16/h10-12H,2-9,16H2,1H3. The Hall–Kier alpha value is -0.350. The molecule has 0 radical (unpaired) electrons. The van der Waals surface area contributed by atoms with Crippen LogP contribution in [-0.4, -0.2) is 16.3 Å². The van der Waals surface area contributed by atoms with Crippen molar-refractivity contribution in [2.24, 2.45) is 11.7 Å². The SMILES string of the molecule is CCCn1ncc(Br)c1C1CCCCCC1CN. The predicted molar refractivity (Wildman–Crippen MR) is 78.6 cm³/mol. The lowest BCUT2D eigenvalue weighted by Gasteiger charge is -2.25. The first-order chi connectivity index (χ1) is 8.77. The Morgan fingerprint density at radius 1 is 1.39 bits per heavy atom. The maximum Gasteiger partial charge on any atom is 0.0635 e. The van der Waals surface area contributed by atoms with Crippen molar-refractivity contribution in [3.63, 3.8) is 0 Å². The second kappa shape index (κ2) is 6.71. The molecule has 1 aromatic heterocycles. The molecule has 2 rings (SSSR count). The van der Waals surface area contributed by atoms with Crippen LogP contribution in [0.4, 0.5) is 0 Å². The van der Waals surface area contributed by atoms with Crippen molar-refractivity contribution >= 4 is 15.9 Å². The number of aryl methyl sites for hydroxylation is 1. The fourth-order valence-corrected chi connectivity index (χ4v) is 3.75. The first-order valence-electron chi connectivity index (χ1n) is 7.19. The average molecular weight is 314 g/mol. The summed E-state index contributed by atoms with van der Waals surface area (Å²) in [5.74, 6) is 1.21. The number of rotatable bonds is 4. The van der Waals surface area contributed by atoms with E-state index in [1.54, 1.807) is 0 Å². The highest BCUT2D eigenvalue weighted by atomic mass is 79.9. The van der Waals surface area contributed by atoms with E-state index in [2.05, 4.69) is 32.6 Å². The third kappa shape index (κ3) is 2.97. The maximum absolute atomic E-state index is 6.00. The molecule has 0 saturated heterocycles. The van der Waals surface area contributed by atoms with Gasteiger partial charge in [-0.3, -0.25) is 4.68 Å². The Kier molecular flexibility index (Phi) is 5.25. The molecule has 0 aliphatic heterocycles. The molecule has 2 N–H and O–H groups in total. The van der Waals surface area contributed by atoms with E-state index in [-0.39, 0.29) is 0 Å². The van der Waals surface area contributed by atoms with Gasteiger partial charge in [-0.15, -0.1) is 0 Å². The Bertz CT molecular complexity index is 375. The largest absolute Gasteiger partial charge is 0.330 e. The zero-order valence-electron chi connectivity index (χ0n) is 11.2. The summed E-state index contributed by atoms with van der Waals surface area (Å²) >= 11 is 3.68. The molecule has 2 atom stereocenters. The lowest BCUT2D eigenvalue weighted by Crippen LogP contribution is -2.23. The van der Waals surface area contributed by atoms with Crippen LogP contribution in [0, 0.1) is 5.92 Å². The van der Waals surface area contributed by atoms with Crippen LogP contribution in [0.1, 0.15) is 57.1 Å². The molecular weight excluding hydrogens is 290 g/mol. The highest BCUT2D eigenvalue weighted by molar-refractivity contribution is 9.10. The third-order valence-electron chi connectivity index (χ3n) is 4.08. The summed E-state index contributed by atoms with van der Waals surface area (Å²) in [7, 11) is 0. The van der Waals surface area contributed by atoms with E-state index in [0.29, 0.717) is 11.8 Å². The van der Waals surface area contributed by atoms with E-state index in [9.17, 15) is 0 Å². The molecule has 1 saturated carbocycles. The second-order valence-corrected chi connectivity index (χ2v) is 6.20. The van der Waals surface area contributed by atoms with E-state index in [4.69, 9.17) is 5.73 Å². The average Bonchev–Trinajstić information content (AvgIpc) is 2.61. The first-order valence-corrected chi connectivity index (χ1v) is 7.98. The van der Waals surface area contributed by atoms with Gasteiger partial charge in [-0.1, -0.05) is 26.2 Å². The highest BCUT2D eigenvalue weighted by Crippen LogP contribution is 2.39. The Labute approximate surface area is 118 Å². The van der Waals surface area contributed by atoms with Crippen molar-refractivity contribution in [3.8, 4) is 0 Å². The number of nitrogens with two attached hydrogens (primary N) is 1. The summed E-state index contributed by atoms with van der Waals surface area (Å²) in [5.41, 5.74) is 7.38. The quantitative estimate of drug-likeness (QED) is 0.862. The zero-order chi connectivity index (χ0) is 13.0. The summed E-state index contributed by atoms with van der Waals surface area (Å²) in [6.45, 7) is 4.01. The van der Waals surface area contributed by atoms with Gasteiger partial charge in [-0.05, 0) is 47.7 Å². The van der Waals surface area contributed by atoms with Crippen LogP contribution < -0.4 is 5.73 Å². The lowest BCUT2D eigenvalue weighted by atomic mass is 9.85. The molecule has 0 spiro atoms. The fourth-order valence-electron chi connectivity index (χ4n) is 3.16. The lowest BCUT2D eigenvalue weighted by molar-refractivity contribution is 0.381. The van der Waals surface area contributed by atoms with Gasteiger partial charge in [0.2, 0.25) is 0 Å². The van der Waals surface area contributed by atoms with E-state index < -0.39 is 0 Å². The van der Waals surface area contributed by atoms with Crippen LogP contribution >= 0.6 is 15.9 Å². The molecule has 1 fully saturated rings. The van der Waals surface area contributed by atoms with Crippen molar-refractivity contribution in [3.05, 3.63) is 16.4 Å².